The zero-order valence-electron chi connectivity index (χ0n) is 63.9. The lowest BCUT2D eigenvalue weighted by Gasteiger charge is -2.36. The minimum Gasteiger partial charge on any atom is -0.462 e. The number of hydrogen-bond donors (Lipinski definition) is 1. The summed E-state index contributed by atoms with van der Waals surface area (Å²) in [5.41, 5.74) is 0.974. The average molecular weight is 1390 g/mol. The van der Waals surface area contributed by atoms with Crippen LogP contribution in [0.2, 0.25) is 0 Å². The summed E-state index contributed by atoms with van der Waals surface area (Å²) in [5.74, 6) is -3.30. The Morgan fingerprint density at radius 1 is 0.414 bits per heavy atom. The first-order valence-corrected chi connectivity index (χ1v) is 41.6. The summed E-state index contributed by atoms with van der Waals surface area (Å²) < 4.78 is 35.5. The van der Waals surface area contributed by atoms with E-state index >= 15 is 4.79 Å². The first kappa shape index (κ1) is 88.7. The van der Waals surface area contributed by atoms with E-state index in [1.807, 2.05) is 30.3 Å². The highest BCUT2D eigenvalue weighted by Crippen LogP contribution is 2.41. The van der Waals surface area contributed by atoms with Crippen molar-refractivity contribution in [3.63, 3.8) is 0 Å². The van der Waals surface area contributed by atoms with Crippen molar-refractivity contribution < 1.29 is 62.0 Å². The molecular weight excluding hydrogens is 1240 g/mol. The van der Waals surface area contributed by atoms with Crippen LogP contribution in [0, 0.1) is 5.92 Å². The van der Waals surface area contributed by atoms with Crippen LogP contribution in [0.3, 0.4) is 0 Å². The lowest BCUT2D eigenvalue weighted by atomic mass is 9.84. The third-order valence-corrected chi connectivity index (χ3v) is 20.5. The Morgan fingerprint density at radius 2 is 0.727 bits per heavy atom. The monoisotopic (exact) mass is 1390 g/mol. The van der Waals surface area contributed by atoms with Gasteiger partial charge in [0, 0.05) is 31.7 Å². The molecule has 1 aliphatic heterocycles. The first-order valence-electron chi connectivity index (χ1n) is 41.6. The van der Waals surface area contributed by atoms with Crippen LogP contribution in [0.4, 0.5) is 0 Å². The Hall–Kier alpha value is -4.53. The second-order valence-electron chi connectivity index (χ2n) is 29.6. The molecule has 1 saturated heterocycles. The lowest BCUT2D eigenvalue weighted by Crippen LogP contribution is -2.56. The second kappa shape index (κ2) is 61.0. The molecule has 1 aliphatic carbocycles. The predicted octanol–water partition coefficient (Wildman–Crippen LogP) is 20.9. The van der Waals surface area contributed by atoms with Crippen molar-refractivity contribution in [1.29, 1.82) is 0 Å². The molecule has 570 valence electrons. The van der Waals surface area contributed by atoms with Crippen LogP contribution in [0.5, 0.6) is 0 Å². The quantitative estimate of drug-likeness (QED) is 0.0368. The number of unbranched alkanes of at least 4 members (excludes halogenated alkanes) is 40. The number of rotatable bonds is 66. The van der Waals surface area contributed by atoms with Gasteiger partial charge >= 0.3 is 35.8 Å². The zero-order valence-corrected chi connectivity index (χ0v) is 63.9. The zero-order chi connectivity index (χ0) is 71.4. The summed E-state index contributed by atoms with van der Waals surface area (Å²) in [7, 11) is 0. The molecular formula is C84H146N2O13. The highest BCUT2D eigenvalue weighted by molar-refractivity contribution is 5.89. The molecule has 2 fully saturated rings. The lowest BCUT2D eigenvalue weighted by molar-refractivity contribution is -0.172. The smallest absolute Gasteiger partial charge is 0.329 e. The Labute approximate surface area is 603 Å². The van der Waals surface area contributed by atoms with Gasteiger partial charge in [0.25, 0.3) is 0 Å². The van der Waals surface area contributed by atoms with Crippen molar-refractivity contribution in [3.8, 4) is 0 Å². The average Bonchev–Trinajstić information content (AvgIpc) is 1.63. The normalized spacial score (nSPS) is 15.8. The van der Waals surface area contributed by atoms with E-state index in [4.69, 9.17) is 28.4 Å². The Kier molecular flexibility index (Phi) is 54.6. The molecule has 15 heteroatoms. The number of carbonyl (C=O) groups excluding carboxylic acids is 7. The van der Waals surface area contributed by atoms with Crippen molar-refractivity contribution in [2.75, 3.05) is 26.4 Å². The van der Waals surface area contributed by atoms with Crippen molar-refractivity contribution in [3.05, 3.63) is 35.9 Å². The molecule has 3 rings (SSSR count). The number of nitrogens with zero attached hydrogens (tertiary/aromatic N) is 1. The van der Waals surface area contributed by atoms with Crippen molar-refractivity contribution in [2.24, 2.45) is 5.92 Å². The highest BCUT2D eigenvalue weighted by atomic mass is 16.6. The third kappa shape index (κ3) is 45.2. The molecule has 5 atom stereocenters. The van der Waals surface area contributed by atoms with E-state index in [1.165, 1.54) is 180 Å². The molecule has 1 N–H and O–H groups in total. The molecule has 1 saturated carbocycles. The second-order valence-corrected chi connectivity index (χ2v) is 29.6. The van der Waals surface area contributed by atoms with Gasteiger partial charge in [-0.05, 0) is 76.2 Å². The fraction of sp³-hybridized carbons (Fsp3) is 0.845. The van der Waals surface area contributed by atoms with Crippen molar-refractivity contribution in [1.82, 2.24) is 10.2 Å². The maximum absolute atomic E-state index is 15.2. The SMILES string of the molecule is CCCCCCCCCCCCCC(=O)OCC(COC(=O)CCCCCCCCCCCCC)OC(=O)[C@H](CCc1ccccc1)N[C@@H](C)C(=O)N1[C@H](C(=O)OC(COC(=O)CCCCCCCCCCCCC)COC(=O)CCCCCCCCCCCCC)C[C@H]2CCCC[C@@H]21. The topological polar surface area (TPSA) is 190 Å². The van der Waals surface area contributed by atoms with E-state index in [1.54, 1.807) is 11.8 Å². The van der Waals surface area contributed by atoms with Gasteiger partial charge in [-0.2, -0.15) is 0 Å². The van der Waals surface area contributed by atoms with Crippen LogP contribution in [0.1, 0.15) is 387 Å². The summed E-state index contributed by atoms with van der Waals surface area (Å²) >= 11 is 0. The molecule has 1 aromatic carbocycles. The number of likely N-dealkylation sites (tertiary alicyclic amines) is 1. The molecule has 0 aromatic heterocycles. The molecule has 0 spiro atoms. The van der Waals surface area contributed by atoms with Gasteiger partial charge in [-0.15, -0.1) is 0 Å². The van der Waals surface area contributed by atoms with Gasteiger partial charge in [-0.1, -0.05) is 328 Å². The first-order chi connectivity index (χ1) is 48.4. The molecule has 0 bridgehead atoms. The van der Waals surface area contributed by atoms with Crippen LogP contribution in [-0.4, -0.2) is 109 Å². The van der Waals surface area contributed by atoms with E-state index in [0.717, 1.165) is 102 Å². The Balaban J connectivity index is 1.75. The van der Waals surface area contributed by atoms with Crippen LogP contribution < -0.4 is 5.32 Å². The molecule has 15 nitrogen and oxygen atoms in total. The van der Waals surface area contributed by atoms with E-state index in [0.29, 0.717) is 44.9 Å². The predicted molar refractivity (Wildman–Crippen MR) is 400 cm³/mol. The number of esters is 6. The van der Waals surface area contributed by atoms with Gasteiger partial charge in [-0.3, -0.25) is 34.1 Å². The standard InChI is InChI=1S/C84H146N2O13/c1-6-10-14-18-22-26-30-34-38-42-49-59-78(87)94-66-73(67-95-79(88)60-50-43-39-35-31-27-23-19-15-11-7-2)98-83(92)75(64-63-71-55-47-46-48-56-71)85-70(5)82(91)86-76-58-54-53-57-72(76)65-77(86)84(93)99-74(68-96-80(89)61-51-44-40-36-32-28-24-20-16-12-8-3)69-97-81(90)62-52-45-41-37-33-29-25-21-17-13-9-4/h46-48,55-56,70,72-77,85H,6-45,49-54,57-69H2,1-5H3/t70-,72+,75-,76-,77-/m0/s1. The van der Waals surface area contributed by atoms with Crippen LogP contribution in [-0.2, 0) is 68.4 Å². The number of carbonyl (C=O) groups is 7. The highest BCUT2D eigenvalue weighted by Gasteiger charge is 2.50. The van der Waals surface area contributed by atoms with E-state index in [9.17, 15) is 28.8 Å². The largest absolute Gasteiger partial charge is 0.462 e. The number of ether oxygens (including phenoxy) is 6. The van der Waals surface area contributed by atoms with Crippen molar-refractivity contribution in [2.45, 2.75) is 424 Å². The number of aryl methyl sites for hydroxylation is 1. The molecule has 1 aromatic rings. The van der Waals surface area contributed by atoms with Gasteiger partial charge in [0.1, 0.15) is 38.5 Å². The Bertz CT molecular complexity index is 2110. The maximum atomic E-state index is 15.2. The van der Waals surface area contributed by atoms with Crippen LogP contribution in [0.15, 0.2) is 30.3 Å². The molecule has 1 amide bonds. The fourth-order valence-corrected chi connectivity index (χ4v) is 14.3. The minimum atomic E-state index is -1.10. The van der Waals surface area contributed by atoms with Gasteiger partial charge < -0.3 is 33.3 Å². The van der Waals surface area contributed by atoms with Gasteiger partial charge in [0.05, 0.1) is 6.04 Å². The number of benzene rings is 1. The summed E-state index contributed by atoms with van der Waals surface area (Å²) in [6.45, 7) is 9.46. The number of fused-ring (bicyclic) bond motifs is 1. The number of hydrogen-bond acceptors (Lipinski definition) is 14. The van der Waals surface area contributed by atoms with Gasteiger partial charge in [-0.25, -0.2) is 4.79 Å². The molecule has 0 radical (unpaired) electrons. The van der Waals surface area contributed by atoms with Crippen LogP contribution in [0.25, 0.3) is 0 Å². The maximum Gasteiger partial charge on any atom is 0.329 e. The molecule has 1 heterocycles. The number of amides is 1. The van der Waals surface area contributed by atoms with E-state index in [-0.39, 0.29) is 76.4 Å². The van der Waals surface area contributed by atoms with Crippen molar-refractivity contribution >= 4 is 41.7 Å². The molecule has 99 heavy (non-hydrogen) atoms. The minimum absolute atomic E-state index is 0.0352. The molecule has 2 aliphatic rings. The summed E-state index contributed by atoms with van der Waals surface area (Å²) in [6.07, 6.45) is 53.9. The van der Waals surface area contributed by atoms with E-state index < -0.39 is 66.1 Å². The van der Waals surface area contributed by atoms with Crippen LogP contribution >= 0.6 is 0 Å². The summed E-state index contributed by atoms with van der Waals surface area (Å²) in [6, 6.07) is 6.48. The van der Waals surface area contributed by atoms with Gasteiger partial charge in [0.15, 0.2) is 12.2 Å². The summed E-state index contributed by atoms with van der Waals surface area (Å²) in [4.78, 5) is 99.4. The van der Waals surface area contributed by atoms with E-state index in [2.05, 4.69) is 33.0 Å². The Morgan fingerprint density at radius 3 is 1.07 bits per heavy atom. The fourth-order valence-electron chi connectivity index (χ4n) is 14.3. The number of nitrogens with one attached hydrogen (secondary N) is 1. The molecule has 0 unspecified atom stereocenters. The summed E-state index contributed by atoms with van der Waals surface area (Å²) in [5, 5.41) is 3.32. The van der Waals surface area contributed by atoms with Gasteiger partial charge in [0.2, 0.25) is 5.91 Å². The third-order valence-electron chi connectivity index (χ3n) is 20.5.